The van der Waals surface area contributed by atoms with Gasteiger partial charge in [-0.25, -0.2) is 0 Å². The molecule has 0 bridgehead atoms. The lowest BCUT2D eigenvalue weighted by molar-refractivity contribution is -0.188. The molecule has 0 radical (unpaired) electrons. The molecule has 2 atom stereocenters. The molecular formula is C21H32N2O6. The van der Waals surface area contributed by atoms with Crippen molar-refractivity contribution in [1.82, 2.24) is 5.32 Å². The largest absolute Gasteiger partial charge is 0.508 e. The molecule has 1 aliphatic rings. The second kappa shape index (κ2) is 8.69. The molecule has 1 amide bonds. The Bertz CT molecular complexity index is 751. The number of aliphatic hydroxyl groups excluding tert-OH is 1. The van der Waals surface area contributed by atoms with Gasteiger partial charge in [-0.2, -0.15) is 0 Å². The second-order valence-electron chi connectivity index (χ2n) is 9.15. The summed E-state index contributed by atoms with van der Waals surface area (Å²) < 4.78 is 10.8. The zero-order valence-corrected chi connectivity index (χ0v) is 18.0. The van der Waals surface area contributed by atoms with E-state index in [1.807, 2.05) is 0 Å². The Hall–Kier alpha value is -2.16. The van der Waals surface area contributed by atoms with Crippen LogP contribution in [0, 0.1) is 0 Å². The van der Waals surface area contributed by atoms with Crippen molar-refractivity contribution in [3.05, 3.63) is 23.8 Å². The highest BCUT2D eigenvalue weighted by Crippen LogP contribution is 2.31. The maximum atomic E-state index is 13.2. The number of amides is 1. The van der Waals surface area contributed by atoms with Crippen molar-refractivity contribution in [3.63, 3.8) is 0 Å². The Morgan fingerprint density at radius 2 is 1.83 bits per heavy atom. The van der Waals surface area contributed by atoms with Crippen molar-refractivity contribution in [2.45, 2.75) is 78.0 Å². The van der Waals surface area contributed by atoms with E-state index in [1.54, 1.807) is 58.6 Å². The molecule has 3 N–H and O–H groups in total. The zero-order valence-electron chi connectivity index (χ0n) is 18.0. The van der Waals surface area contributed by atoms with Gasteiger partial charge in [0.15, 0.2) is 0 Å². The van der Waals surface area contributed by atoms with Gasteiger partial charge in [0.05, 0.1) is 12.0 Å². The van der Waals surface area contributed by atoms with Gasteiger partial charge in [0.1, 0.15) is 17.4 Å². The summed E-state index contributed by atoms with van der Waals surface area (Å²) in [5.74, 6) is -0.802. The number of fused-ring (bicyclic) bond motifs is 1. The van der Waals surface area contributed by atoms with E-state index in [9.17, 15) is 19.8 Å². The summed E-state index contributed by atoms with van der Waals surface area (Å²) in [6.07, 6.45) is -1.10. The van der Waals surface area contributed by atoms with Crippen LogP contribution in [0.1, 0.15) is 53.5 Å². The van der Waals surface area contributed by atoms with E-state index in [0.29, 0.717) is 18.7 Å². The minimum absolute atomic E-state index is 0.135. The summed E-state index contributed by atoms with van der Waals surface area (Å²) in [6.45, 7) is 11.0. The second-order valence-corrected chi connectivity index (χ2v) is 9.15. The van der Waals surface area contributed by atoms with Crippen LogP contribution in [0.5, 0.6) is 5.75 Å². The first-order chi connectivity index (χ1) is 13.2. The number of hydrogen-bond donors (Lipinski definition) is 3. The van der Waals surface area contributed by atoms with Gasteiger partial charge in [-0.3, -0.25) is 14.9 Å². The third-order valence-corrected chi connectivity index (χ3v) is 4.12. The van der Waals surface area contributed by atoms with E-state index >= 15 is 0 Å². The van der Waals surface area contributed by atoms with Crippen molar-refractivity contribution in [2.75, 3.05) is 11.4 Å². The maximum absolute atomic E-state index is 13.2. The first-order valence-electron chi connectivity index (χ1n) is 9.72. The molecule has 1 aromatic carbocycles. The van der Waals surface area contributed by atoms with E-state index in [1.165, 1.54) is 6.07 Å². The number of anilines is 1. The predicted molar refractivity (Wildman–Crippen MR) is 108 cm³/mol. The van der Waals surface area contributed by atoms with E-state index in [2.05, 4.69) is 5.32 Å². The summed E-state index contributed by atoms with van der Waals surface area (Å²) in [4.78, 5) is 27.1. The number of aliphatic hydroxyl groups is 1. The van der Waals surface area contributed by atoms with E-state index in [4.69, 9.17) is 9.47 Å². The molecule has 1 aromatic rings. The quantitative estimate of drug-likeness (QED) is 0.488. The number of rotatable bonds is 6. The normalized spacial score (nSPS) is 16.3. The number of nitrogens with zero attached hydrogens (tertiary/aromatic N) is 1. The van der Waals surface area contributed by atoms with Gasteiger partial charge in [0.2, 0.25) is 12.3 Å². The van der Waals surface area contributed by atoms with Crippen LogP contribution in [-0.4, -0.2) is 52.3 Å². The van der Waals surface area contributed by atoms with Crippen LogP contribution in [0.2, 0.25) is 0 Å². The van der Waals surface area contributed by atoms with Crippen molar-refractivity contribution in [3.8, 4) is 5.75 Å². The Labute approximate surface area is 171 Å². The summed E-state index contributed by atoms with van der Waals surface area (Å²) in [6, 6.07) is 3.76. The van der Waals surface area contributed by atoms with Crippen LogP contribution in [0.3, 0.4) is 0 Å². The van der Waals surface area contributed by atoms with Gasteiger partial charge in [0, 0.05) is 12.2 Å². The molecule has 0 aliphatic carbocycles. The smallest absolute Gasteiger partial charge is 0.308 e. The van der Waals surface area contributed by atoms with Gasteiger partial charge in [-0.15, -0.1) is 0 Å². The van der Waals surface area contributed by atoms with Gasteiger partial charge in [-0.05, 0) is 71.7 Å². The number of phenolic OH excluding ortho intramolecular Hbond substituents is 1. The Morgan fingerprint density at radius 3 is 2.41 bits per heavy atom. The molecule has 0 fully saturated rings. The lowest BCUT2D eigenvalue weighted by Crippen LogP contribution is -2.53. The molecule has 8 heteroatoms. The summed E-state index contributed by atoms with van der Waals surface area (Å²) >= 11 is 0. The molecule has 1 aliphatic heterocycles. The third-order valence-electron chi connectivity index (χ3n) is 4.12. The van der Waals surface area contributed by atoms with Crippen LogP contribution in [-0.2, 0) is 25.5 Å². The minimum atomic E-state index is -1.44. The molecule has 1 heterocycles. The maximum Gasteiger partial charge on any atom is 0.308 e. The minimum Gasteiger partial charge on any atom is -0.508 e. The lowest BCUT2D eigenvalue weighted by Gasteiger charge is -2.30. The predicted octanol–water partition coefficient (Wildman–Crippen LogP) is 2.06. The van der Waals surface area contributed by atoms with Crippen LogP contribution in [0.15, 0.2) is 18.2 Å². The number of carbonyl (C=O) groups excluding carboxylic acids is 2. The Balaban J connectivity index is 2.20. The summed E-state index contributed by atoms with van der Waals surface area (Å²) in [5, 5.41) is 22.6. The van der Waals surface area contributed by atoms with Crippen molar-refractivity contribution in [2.24, 2.45) is 0 Å². The molecular weight excluding hydrogens is 376 g/mol. The molecule has 162 valence electrons. The highest BCUT2D eigenvalue weighted by molar-refractivity contribution is 6.00. The molecule has 1 unspecified atom stereocenters. The molecule has 8 nitrogen and oxygen atoms in total. The third kappa shape index (κ3) is 6.99. The van der Waals surface area contributed by atoms with Crippen molar-refractivity contribution in [1.29, 1.82) is 0 Å². The number of esters is 1. The fourth-order valence-electron chi connectivity index (χ4n) is 3.11. The molecule has 29 heavy (non-hydrogen) atoms. The van der Waals surface area contributed by atoms with Crippen LogP contribution >= 0.6 is 0 Å². The van der Waals surface area contributed by atoms with Crippen LogP contribution < -0.4 is 10.2 Å². The van der Waals surface area contributed by atoms with Gasteiger partial charge < -0.3 is 24.6 Å². The number of carbonyl (C=O) groups is 2. The van der Waals surface area contributed by atoms with Gasteiger partial charge in [0.25, 0.3) is 0 Å². The first-order valence-corrected chi connectivity index (χ1v) is 9.72. The summed E-state index contributed by atoms with van der Waals surface area (Å²) in [5.41, 5.74) is 0.183. The number of phenols is 1. The monoisotopic (exact) mass is 408 g/mol. The first kappa shape index (κ1) is 23.1. The fraction of sp³-hybridized carbons (Fsp3) is 0.619. The van der Waals surface area contributed by atoms with Gasteiger partial charge in [-0.1, -0.05) is 0 Å². The SMILES string of the molecule is CC(C)(C)OC(=O)C[C@@H](NC(O)OC(C)(C)C)C(=O)N1CCc2cc(O)ccc21. The number of ether oxygens (including phenoxy) is 2. The Kier molecular flexibility index (Phi) is 6.93. The average Bonchev–Trinajstić information content (AvgIpc) is 2.92. The number of nitrogens with one attached hydrogen (secondary N) is 1. The van der Waals surface area contributed by atoms with Crippen LogP contribution in [0.4, 0.5) is 5.69 Å². The highest BCUT2D eigenvalue weighted by atomic mass is 16.6. The molecule has 0 aromatic heterocycles. The fourth-order valence-corrected chi connectivity index (χ4v) is 3.11. The highest BCUT2D eigenvalue weighted by Gasteiger charge is 2.34. The van der Waals surface area contributed by atoms with E-state index < -0.39 is 29.6 Å². The van der Waals surface area contributed by atoms with E-state index in [0.717, 1.165) is 5.56 Å². The standard InChI is InChI=1S/C21H32N2O6/c1-20(2,3)28-17(25)12-15(22-19(27)29-21(4,5)6)18(26)23-10-9-13-11-14(24)7-8-16(13)23/h7-8,11,15,19,22,24,27H,9-10,12H2,1-6H3/t15-,19?/m1/s1. The van der Waals surface area contributed by atoms with Gasteiger partial charge >= 0.3 is 5.97 Å². The Morgan fingerprint density at radius 1 is 1.17 bits per heavy atom. The average molecular weight is 408 g/mol. The lowest BCUT2D eigenvalue weighted by atomic mass is 10.1. The van der Waals surface area contributed by atoms with Crippen LogP contribution in [0.25, 0.3) is 0 Å². The number of benzene rings is 1. The topological polar surface area (TPSA) is 108 Å². The number of hydrogen-bond acceptors (Lipinski definition) is 7. The van der Waals surface area contributed by atoms with E-state index in [-0.39, 0.29) is 18.1 Å². The number of aromatic hydroxyl groups is 1. The molecule has 0 saturated carbocycles. The zero-order chi connectivity index (χ0) is 22.0. The molecule has 2 rings (SSSR count). The van der Waals surface area contributed by atoms with Crippen molar-refractivity contribution < 1.29 is 29.3 Å². The molecule has 0 spiro atoms. The van der Waals surface area contributed by atoms with Crippen molar-refractivity contribution >= 4 is 17.6 Å². The summed E-state index contributed by atoms with van der Waals surface area (Å²) in [7, 11) is 0. The molecule has 0 saturated heterocycles.